The highest BCUT2D eigenvalue weighted by molar-refractivity contribution is 5.99. The Morgan fingerprint density at radius 1 is 1.43 bits per heavy atom. The Kier molecular flexibility index (Phi) is 4.89. The summed E-state index contributed by atoms with van der Waals surface area (Å²) in [6, 6.07) is 3.69. The Labute approximate surface area is 123 Å². The third kappa shape index (κ3) is 3.79. The van der Waals surface area contributed by atoms with E-state index in [0.717, 1.165) is 24.4 Å². The van der Waals surface area contributed by atoms with E-state index in [4.69, 9.17) is 5.84 Å². The molecule has 0 fully saturated rings. The number of hydrazine groups is 1. The number of anilines is 1. The Morgan fingerprint density at radius 2 is 2.24 bits per heavy atom. The van der Waals surface area contributed by atoms with Gasteiger partial charge < -0.3 is 10.7 Å². The number of nitrogens with two attached hydrogens (primary N) is 1. The van der Waals surface area contributed by atoms with Crippen LogP contribution in [0.2, 0.25) is 0 Å². The normalized spacial score (nSPS) is 10.4. The Hall–Kier alpha value is -2.41. The number of carbonyl (C=O) groups is 1. The minimum absolute atomic E-state index is 0.190. The topological polar surface area (TPSA) is 97.9 Å². The second-order valence-electron chi connectivity index (χ2n) is 4.83. The summed E-state index contributed by atoms with van der Waals surface area (Å²) < 4.78 is 1.94. The fourth-order valence-corrected chi connectivity index (χ4v) is 2.13. The van der Waals surface area contributed by atoms with E-state index in [1.807, 2.05) is 24.6 Å². The lowest BCUT2D eigenvalue weighted by molar-refractivity contribution is 0.0953. The predicted octanol–water partition coefficient (Wildman–Crippen LogP) is 1.00. The first-order valence-corrected chi connectivity index (χ1v) is 6.81. The smallest absolute Gasteiger partial charge is 0.255 e. The van der Waals surface area contributed by atoms with Gasteiger partial charge in [0.2, 0.25) is 0 Å². The average Bonchev–Trinajstić information content (AvgIpc) is 2.81. The second kappa shape index (κ2) is 6.85. The maximum absolute atomic E-state index is 12.0. The molecule has 2 heterocycles. The summed E-state index contributed by atoms with van der Waals surface area (Å²) in [5, 5.41) is 7.23. The van der Waals surface area contributed by atoms with Crippen LogP contribution in [-0.2, 0) is 6.54 Å². The lowest BCUT2D eigenvalue weighted by Crippen LogP contribution is -2.27. The van der Waals surface area contributed by atoms with E-state index in [1.54, 1.807) is 12.3 Å². The molecule has 0 bridgehead atoms. The number of amides is 1. The van der Waals surface area contributed by atoms with E-state index in [2.05, 4.69) is 20.8 Å². The molecular formula is C14H20N6O. The zero-order valence-electron chi connectivity index (χ0n) is 12.3. The molecule has 2 rings (SSSR count). The minimum Gasteiger partial charge on any atom is -0.352 e. The lowest BCUT2D eigenvalue weighted by atomic mass is 10.2. The number of aryl methyl sites for hydroxylation is 3. The summed E-state index contributed by atoms with van der Waals surface area (Å²) in [5.74, 6) is 5.18. The molecule has 0 spiro atoms. The van der Waals surface area contributed by atoms with Crippen LogP contribution in [0.3, 0.4) is 0 Å². The number of carbonyl (C=O) groups excluding carboxylic acids is 1. The van der Waals surface area contributed by atoms with Crippen LogP contribution in [0.5, 0.6) is 0 Å². The molecule has 0 saturated heterocycles. The molecule has 7 heteroatoms. The van der Waals surface area contributed by atoms with Crippen LogP contribution in [0, 0.1) is 13.8 Å². The van der Waals surface area contributed by atoms with Gasteiger partial charge in [-0.1, -0.05) is 0 Å². The zero-order valence-corrected chi connectivity index (χ0v) is 12.3. The van der Waals surface area contributed by atoms with Gasteiger partial charge in [0.25, 0.3) is 5.91 Å². The van der Waals surface area contributed by atoms with Crippen molar-refractivity contribution in [3.8, 4) is 0 Å². The third-order valence-electron chi connectivity index (χ3n) is 3.16. The number of nitrogen functional groups attached to an aromatic ring is 1. The van der Waals surface area contributed by atoms with Crippen molar-refractivity contribution < 1.29 is 4.79 Å². The molecule has 0 aliphatic carbocycles. The van der Waals surface area contributed by atoms with Crippen molar-refractivity contribution in [2.75, 3.05) is 12.0 Å². The fourth-order valence-electron chi connectivity index (χ4n) is 2.13. The van der Waals surface area contributed by atoms with Crippen LogP contribution in [0.4, 0.5) is 5.69 Å². The second-order valence-corrected chi connectivity index (χ2v) is 4.83. The van der Waals surface area contributed by atoms with E-state index in [-0.39, 0.29) is 5.91 Å². The Morgan fingerprint density at radius 3 is 2.90 bits per heavy atom. The first-order chi connectivity index (χ1) is 10.1. The summed E-state index contributed by atoms with van der Waals surface area (Å²) in [7, 11) is 0. The standard InChI is InChI=1S/C14H20N6O/c1-10-8-11(2)20(19-10)7-3-5-17-14(21)12-9-16-6-4-13(12)18-15/h4,6,8-9H,3,5,7,15H2,1-2H3,(H,16,18)(H,17,21). The molecule has 0 atom stereocenters. The molecule has 112 valence electrons. The Bertz CT molecular complexity index is 622. The molecule has 7 nitrogen and oxygen atoms in total. The van der Waals surface area contributed by atoms with Crippen LogP contribution in [0.25, 0.3) is 0 Å². The molecule has 0 saturated carbocycles. The summed E-state index contributed by atoms with van der Waals surface area (Å²) >= 11 is 0. The number of hydrogen-bond acceptors (Lipinski definition) is 5. The van der Waals surface area contributed by atoms with E-state index < -0.39 is 0 Å². The largest absolute Gasteiger partial charge is 0.352 e. The highest BCUT2D eigenvalue weighted by Gasteiger charge is 2.10. The summed E-state index contributed by atoms with van der Waals surface area (Å²) in [4.78, 5) is 16.0. The first kappa shape index (κ1) is 15.0. The number of nitrogens with one attached hydrogen (secondary N) is 2. The zero-order chi connectivity index (χ0) is 15.2. The van der Waals surface area contributed by atoms with E-state index in [9.17, 15) is 4.79 Å². The van der Waals surface area contributed by atoms with Crippen molar-refractivity contribution in [2.45, 2.75) is 26.8 Å². The van der Waals surface area contributed by atoms with Gasteiger partial charge in [0, 0.05) is 31.2 Å². The van der Waals surface area contributed by atoms with Gasteiger partial charge >= 0.3 is 0 Å². The Balaban J connectivity index is 1.83. The summed E-state index contributed by atoms with van der Waals surface area (Å²) in [6.07, 6.45) is 3.87. The van der Waals surface area contributed by atoms with Gasteiger partial charge in [-0.25, -0.2) is 0 Å². The average molecular weight is 288 g/mol. The predicted molar refractivity (Wildman–Crippen MR) is 80.7 cm³/mol. The van der Waals surface area contributed by atoms with Crippen molar-refractivity contribution in [3.05, 3.63) is 41.5 Å². The fraction of sp³-hybridized carbons (Fsp3) is 0.357. The molecule has 2 aromatic heterocycles. The van der Waals surface area contributed by atoms with Crippen LogP contribution in [0.15, 0.2) is 24.5 Å². The lowest BCUT2D eigenvalue weighted by Gasteiger charge is -2.09. The molecule has 4 N–H and O–H groups in total. The quantitative estimate of drug-likeness (QED) is 0.418. The number of aromatic nitrogens is 3. The SMILES string of the molecule is Cc1cc(C)n(CCCNC(=O)c2cnccc2NN)n1. The minimum atomic E-state index is -0.190. The molecule has 2 aromatic rings. The molecule has 0 unspecified atom stereocenters. The number of nitrogens with zero attached hydrogens (tertiary/aromatic N) is 3. The van der Waals surface area contributed by atoms with Gasteiger partial charge in [-0.3, -0.25) is 20.3 Å². The summed E-state index contributed by atoms with van der Waals surface area (Å²) in [5.41, 5.74) is 5.61. The van der Waals surface area contributed by atoms with Crippen molar-refractivity contribution >= 4 is 11.6 Å². The van der Waals surface area contributed by atoms with E-state index in [0.29, 0.717) is 17.8 Å². The van der Waals surface area contributed by atoms with Crippen LogP contribution >= 0.6 is 0 Å². The molecular weight excluding hydrogens is 268 g/mol. The van der Waals surface area contributed by atoms with Gasteiger partial charge in [0.15, 0.2) is 0 Å². The molecule has 21 heavy (non-hydrogen) atoms. The first-order valence-electron chi connectivity index (χ1n) is 6.81. The van der Waals surface area contributed by atoms with Gasteiger partial charge in [0.1, 0.15) is 0 Å². The summed E-state index contributed by atoms with van der Waals surface area (Å²) in [6.45, 7) is 5.33. The van der Waals surface area contributed by atoms with E-state index in [1.165, 1.54) is 6.20 Å². The molecule has 1 amide bonds. The van der Waals surface area contributed by atoms with Crippen molar-refractivity contribution in [1.82, 2.24) is 20.1 Å². The molecule has 0 aliphatic rings. The van der Waals surface area contributed by atoms with E-state index >= 15 is 0 Å². The highest BCUT2D eigenvalue weighted by Crippen LogP contribution is 2.11. The van der Waals surface area contributed by atoms with Gasteiger partial charge in [-0.15, -0.1) is 0 Å². The number of pyridine rings is 1. The van der Waals surface area contributed by atoms with Crippen molar-refractivity contribution in [2.24, 2.45) is 5.84 Å². The molecule has 0 aliphatic heterocycles. The maximum atomic E-state index is 12.0. The van der Waals surface area contributed by atoms with Crippen LogP contribution < -0.4 is 16.6 Å². The van der Waals surface area contributed by atoms with Crippen molar-refractivity contribution in [3.63, 3.8) is 0 Å². The number of hydrogen-bond donors (Lipinski definition) is 3. The maximum Gasteiger partial charge on any atom is 0.255 e. The third-order valence-corrected chi connectivity index (χ3v) is 3.16. The van der Waals surface area contributed by atoms with Gasteiger partial charge in [-0.05, 0) is 32.4 Å². The van der Waals surface area contributed by atoms with Gasteiger partial charge in [-0.2, -0.15) is 5.10 Å². The monoisotopic (exact) mass is 288 g/mol. The van der Waals surface area contributed by atoms with Crippen LogP contribution in [-0.4, -0.2) is 27.2 Å². The molecule has 0 aromatic carbocycles. The number of rotatable bonds is 6. The van der Waals surface area contributed by atoms with Crippen molar-refractivity contribution in [1.29, 1.82) is 0 Å². The van der Waals surface area contributed by atoms with Gasteiger partial charge in [0.05, 0.1) is 16.9 Å². The highest BCUT2D eigenvalue weighted by atomic mass is 16.1. The van der Waals surface area contributed by atoms with Crippen LogP contribution in [0.1, 0.15) is 28.2 Å². The molecule has 0 radical (unpaired) electrons.